The zero-order chi connectivity index (χ0) is 17.6. The first-order valence-corrected chi connectivity index (χ1v) is 7.75. The van der Waals surface area contributed by atoms with Gasteiger partial charge in [0, 0.05) is 31.5 Å². The molecule has 1 unspecified atom stereocenters. The Hall–Kier alpha value is -3.08. The van der Waals surface area contributed by atoms with Gasteiger partial charge in [-0.3, -0.25) is 14.7 Å². The molecule has 1 aliphatic rings. The quantitative estimate of drug-likeness (QED) is 0.637. The predicted octanol–water partition coefficient (Wildman–Crippen LogP) is -0.932. The molecule has 3 aromatic heterocycles. The van der Waals surface area contributed by atoms with Crippen molar-refractivity contribution in [3.8, 4) is 0 Å². The van der Waals surface area contributed by atoms with Crippen LogP contribution < -0.4 is 5.56 Å². The molecule has 0 spiro atoms. The zero-order valence-corrected chi connectivity index (χ0v) is 13.7. The van der Waals surface area contributed by atoms with Gasteiger partial charge in [0.1, 0.15) is 11.7 Å². The monoisotopic (exact) mass is 344 g/mol. The van der Waals surface area contributed by atoms with Crippen molar-refractivity contribution in [2.45, 2.75) is 13.0 Å². The highest BCUT2D eigenvalue weighted by Gasteiger charge is 2.30. The molecule has 25 heavy (non-hydrogen) atoms. The number of fused-ring (bicyclic) bond motifs is 1. The highest BCUT2D eigenvalue weighted by molar-refractivity contribution is 5.93. The Kier molecular flexibility index (Phi) is 3.57. The molecular weight excluding hydrogens is 328 g/mol. The van der Waals surface area contributed by atoms with E-state index in [4.69, 9.17) is 4.74 Å². The molecule has 3 aromatic rings. The lowest BCUT2D eigenvalue weighted by Crippen LogP contribution is -2.44. The highest BCUT2D eigenvalue weighted by Crippen LogP contribution is 2.20. The standard InChI is InChI=1S/C14H16N8O3/c1-8-5-11-15-6-9(14(24)22(11)17-8)13(23)21-3-4-25-10(7-21)12-16-18-19-20(12)2/h5-6,10,17H,3-4,7H2,1-2H3. The Morgan fingerprint density at radius 3 is 3.04 bits per heavy atom. The minimum absolute atomic E-state index is 0.0103. The first-order chi connectivity index (χ1) is 12.0. The summed E-state index contributed by atoms with van der Waals surface area (Å²) in [7, 11) is 1.71. The molecule has 1 N–H and O–H groups in total. The summed E-state index contributed by atoms with van der Waals surface area (Å²) >= 11 is 0. The SMILES string of the molecule is Cc1cc2ncc(C(=O)N3CCOC(c4nnnn4C)C3)c(=O)n2[nH]1. The topological polar surface area (TPSA) is 123 Å². The van der Waals surface area contributed by atoms with Gasteiger partial charge in [0.2, 0.25) is 0 Å². The highest BCUT2D eigenvalue weighted by atomic mass is 16.5. The van der Waals surface area contributed by atoms with E-state index in [9.17, 15) is 9.59 Å². The second kappa shape index (κ2) is 5.77. The van der Waals surface area contributed by atoms with Crippen LogP contribution in [0.5, 0.6) is 0 Å². The van der Waals surface area contributed by atoms with Gasteiger partial charge < -0.3 is 9.64 Å². The van der Waals surface area contributed by atoms with Gasteiger partial charge in [-0.25, -0.2) is 14.2 Å². The molecule has 4 rings (SSSR count). The van der Waals surface area contributed by atoms with E-state index < -0.39 is 11.7 Å². The van der Waals surface area contributed by atoms with Crippen LogP contribution in [-0.2, 0) is 11.8 Å². The van der Waals surface area contributed by atoms with Crippen molar-refractivity contribution in [1.82, 2.24) is 39.7 Å². The van der Waals surface area contributed by atoms with Crippen LogP contribution in [0, 0.1) is 6.92 Å². The van der Waals surface area contributed by atoms with Crippen LogP contribution in [0.4, 0.5) is 0 Å². The number of nitrogens with one attached hydrogen (secondary N) is 1. The van der Waals surface area contributed by atoms with Crippen LogP contribution >= 0.6 is 0 Å². The van der Waals surface area contributed by atoms with Gasteiger partial charge >= 0.3 is 0 Å². The zero-order valence-electron chi connectivity index (χ0n) is 13.7. The van der Waals surface area contributed by atoms with E-state index in [1.165, 1.54) is 15.4 Å². The average Bonchev–Trinajstić information content (AvgIpc) is 3.20. The lowest BCUT2D eigenvalue weighted by molar-refractivity contribution is -0.0284. The number of amides is 1. The Bertz CT molecular complexity index is 1000. The van der Waals surface area contributed by atoms with Crippen LogP contribution in [0.1, 0.15) is 28.0 Å². The number of nitrogens with zero attached hydrogens (tertiary/aromatic N) is 7. The second-order valence-electron chi connectivity index (χ2n) is 5.88. The van der Waals surface area contributed by atoms with E-state index in [-0.39, 0.29) is 18.0 Å². The molecule has 11 nitrogen and oxygen atoms in total. The van der Waals surface area contributed by atoms with Crippen molar-refractivity contribution in [2.24, 2.45) is 7.05 Å². The molecule has 0 aromatic carbocycles. The molecule has 130 valence electrons. The number of aryl methyl sites for hydroxylation is 2. The minimum atomic E-state index is -0.440. The molecular formula is C14H16N8O3. The van der Waals surface area contributed by atoms with E-state index in [2.05, 4.69) is 25.6 Å². The number of H-pyrrole nitrogens is 1. The van der Waals surface area contributed by atoms with Crippen molar-refractivity contribution >= 4 is 11.6 Å². The maximum absolute atomic E-state index is 12.8. The van der Waals surface area contributed by atoms with Crippen LogP contribution in [0.25, 0.3) is 5.65 Å². The van der Waals surface area contributed by atoms with Gasteiger partial charge in [-0.15, -0.1) is 5.10 Å². The van der Waals surface area contributed by atoms with Crippen molar-refractivity contribution in [3.63, 3.8) is 0 Å². The van der Waals surface area contributed by atoms with Crippen molar-refractivity contribution in [3.05, 3.63) is 39.7 Å². The molecule has 4 heterocycles. The summed E-state index contributed by atoms with van der Waals surface area (Å²) in [5, 5.41) is 14.2. The van der Waals surface area contributed by atoms with E-state index in [1.54, 1.807) is 18.0 Å². The van der Waals surface area contributed by atoms with Gasteiger partial charge in [-0.05, 0) is 17.4 Å². The third kappa shape index (κ3) is 2.58. The number of aromatic nitrogens is 7. The molecule has 0 radical (unpaired) electrons. The Morgan fingerprint density at radius 1 is 1.44 bits per heavy atom. The Labute approximate surface area is 141 Å². The number of ether oxygens (including phenoxy) is 1. The largest absolute Gasteiger partial charge is 0.366 e. The Morgan fingerprint density at radius 2 is 2.28 bits per heavy atom. The maximum Gasteiger partial charge on any atom is 0.285 e. The third-order valence-electron chi connectivity index (χ3n) is 4.15. The van der Waals surface area contributed by atoms with Gasteiger partial charge in [0.15, 0.2) is 11.5 Å². The summed E-state index contributed by atoms with van der Waals surface area (Å²) < 4.78 is 8.43. The fourth-order valence-electron chi connectivity index (χ4n) is 2.90. The molecule has 1 atom stereocenters. The molecule has 11 heteroatoms. The summed E-state index contributed by atoms with van der Waals surface area (Å²) in [6, 6.07) is 1.74. The second-order valence-corrected chi connectivity index (χ2v) is 5.88. The fraction of sp³-hybridized carbons (Fsp3) is 0.429. The molecule has 1 amide bonds. The van der Waals surface area contributed by atoms with E-state index in [0.29, 0.717) is 24.6 Å². The number of carbonyl (C=O) groups excluding carboxylic acids is 1. The van der Waals surface area contributed by atoms with Crippen LogP contribution in [0.15, 0.2) is 17.1 Å². The van der Waals surface area contributed by atoms with E-state index in [1.807, 2.05) is 6.92 Å². The van der Waals surface area contributed by atoms with E-state index in [0.717, 1.165) is 5.69 Å². The van der Waals surface area contributed by atoms with Gasteiger partial charge in [0.25, 0.3) is 11.5 Å². The molecule has 1 fully saturated rings. The summed E-state index contributed by atoms with van der Waals surface area (Å²) in [6.45, 7) is 2.80. The van der Waals surface area contributed by atoms with Crippen LogP contribution in [0.3, 0.4) is 0 Å². The number of carbonyl (C=O) groups is 1. The summed E-state index contributed by atoms with van der Waals surface area (Å²) in [5.74, 6) is 0.144. The molecule has 0 saturated carbocycles. The molecule has 0 aliphatic carbocycles. The van der Waals surface area contributed by atoms with Crippen molar-refractivity contribution in [2.75, 3.05) is 19.7 Å². The smallest absolute Gasteiger partial charge is 0.285 e. The first-order valence-electron chi connectivity index (χ1n) is 7.75. The van der Waals surface area contributed by atoms with Crippen LogP contribution in [0.2, 0.25) is 0 Å². The fourth-order valence-corrected chi connectivity index (χ4v) is 2.90. The lowest BCUT2D eigenvalue weighted by atomic mass is 10.2. The summed E-state index contributed by atoms with van der Waals surface area (Å²) in [4.78, 5) is 31.1. The average molecular weight is 344 g/mol. The van der Waals surface area contributed by atoms with E-state index >= 15 is 0 Å². The number of hydrogen-bond acceptors (Lipinski definition) is 7. The normalized spacial score (nSPS) is 18.0. The van der Waals surface area contributed by atoms with Crippen molar-refractivity contribution in [1.29, 1.82) is 0 Å². The summed E-state index contributed by atoms with van der Waals surface area (Å²) in [6.07, 6.45) is 0.881. The third-order valence-corrected chi connectivity index (χ3v) is 4.15. The number of rotatable bonds is 2. The predicted molar refractivity (Wildman–Crippen MR) is 83.9 cm³/mol. The van der Waals surface area contributed by atoms with Crippen LogP contribution in [-0.4, -0.2) is 65.3 Å². The van der Waals surface area contributed by atoms with Gasteiger partial charge in [-0.2, -0.15) is 0 Å². The number of tetrazole rings is 1. The summed E-state index contributed by atoms with van der Waals surface area (Å²) in [5.41, 5.74) is 0.849. The maximum atomic E-state index is 12.8. The van der Waals surface area contributed by atoms with Gasteiger partial charge in [0.05, 0.1) is 13.2 Å². The Balaban J connectivity index is 1.63. The van der Waals surface area contributed by atoms with Crippen molar-refractivity contribution < 1.29 is 9.53 Å². The lowest BCUT2D eigenvalue weighted by Gasteiger charge is -2.31. The number of morpholine rings is 1. The molecule has 1 saturated heterocycles. The van der Waals surface area contributed by atoms with Gasteiger partial charge in [-0.1, -0.05) is 0 Å². The molecule has 1 aliphatic heterocycles. The number of hydrogen-bond donors (Lipinski definition) is 1. The minimum Gasteiger partial charge on any atom is -0.366 e. The molecule has 0 bridgehead atoms. The number of aromatic amines is 1. The first kappa shape index (κ1) is 15.4.